The second kappa shape index (κ2) is 9.12. The van der Waals surface area contributed by atoms with E-state index in [9.17, 15) is 10.1 Å². The number of hydrogen-bond donors (Lipinski definition) is 1. The van der Waals surface area contributed by atoms with Gasteiger partial charge in [-0.3, -0.25) is 4.79 Å². The number of hydrogen-bond acceptors (Lipinski definition) is 4. The molecule has 6 heteroatoms. The van der Waals surface area contributed by atoms with Crippen LogP contribution < -0.4 is 10.1 Å². The van der Waals surface area contributed by atoms with Crippen LogP contribution >= 0.6 is 15.9 Å². The van der Waals surface area contributed by atoms with Gasteiger partial charge in [0.2, 0.25) is 0 Å². The number of rotatable bonds is 6. The molecule has 1 aliphatic heterocycles. The first-order chi connectivity index (χ1) is 11.6. The fraction of sp³-hybridized carbons (Fsp3) is 0.333. The average molecular weight is 389 g/mol. The number of carbonyl (C=O) groups is 1. The molecule has 0 unspecified atom stereocenters. The summed E-state index contributed by atoms with van der Waals surface area (Å²) in [6.45, 7) is 1.22. The highest BCUT2D eigenvalue weighted by Gasteiger charge is 2.18. The molecule has 1 aliphatic rings. The standard InChI is InChI=1S/C18H17BrN2O3/c1-2-7-24-17-6-5-15(19)10-13(17)9-14(11-20)18(22)21-12-16-4-3-8-23-16/h1,5-6,9-10,16H,3-4,7-8,12H2,(H,21,22)/b14-9+/t16-/m1/s1. The number of carbonyl (C=O) groups excluding carboxylic acids is 1. The molecule has 1 aromatic rings. The molecule has 1 N–H and O–H groups in total. The summed E-state index contributed by atoms with van der Waals surface area (Å²) in [7, 11) is 0. The first-order valence-corrected chi connectivity index (χ1v) is 8.30. The lowest BCUT2D eigenvalue weighted by atomic mass is 10.1. The highest BCUT2D eigenvalue weighted by atomic mass is 79.9. The lowest BCUT2D eigenvalue weighted by Gasteiger charge is -2.11. The summed E-state index contributed by atoms with van der Waals surface area (Å²) in [5.41, 5.74) is 0.597. The van der Waals surface area contributed by atoms with Crippen molar-refractivity contribution in [1.29, 1.82) is 5.26 Å². The van der Waals surface area contributed by atoms with Crippen molar-refractivity contribution in [2.45, 2.75) is 18.9 Å². The number of nitriles is 1. The Morgan fingerprint density at radius 1 is 1.58 bits per heavy atom. The van der Waals surface area contributed by atoms with E-state index in [4.69, 9.17) is 15.9 Å². The van der Waals surface area contributed by atoms with Crippen LogP contribution in [0.15, 0.2) is 28.2 Å². The molecule has 1 aromatic carbocycles. The van der Waals surface area contributed by atoms with E-state index in [1.54, 1.807) is 18.2 Å². The normalized spacial score (nSPS) is 17.0. The summed E-state index contributed by atoms with van der Waals surface area (Å²) in [5, 5.41) is 12.0. The van der Waals surface area contributed by atoms with Crippen LogP contribution in [0.3, 0.4) is 0 Å². The number of terminal acetylenes is 1. The third kappa shape index (κ3) is 5.13. The van der Waals surface area contributed by atoms with Crippen molar-refractivity contribution in [3.05, 3.63) is 33.8 Å². The molecule has 0 saturated carbocycles. The fourth-order valence-corrected chi connectivity index (χ4v) is 2.67. The molecule has 0 aliphatic carbocycles. The predicted molar refractivity (Wildman–Crippen MR) is 94.0 cm³/mol. The van der Waals surface area contributed by atoms with Gasteiger partial charge in [-0.05, 0) is 37.1 Å². The zero-order valence-electron chi connectivity index (χ0n) is 13.0. The minimum Gasteiger partial charge on any atom is -0.480 e. The summed E-state index contributed by atoms with van der Waals surface area (Å²) < 4.78 is 11.7. The van der Waals surface area contributed by atoms with E-state index >= 15 is 0 Å². The van der Waals surface area contributed by atoms with Crippen molar-refractivity contribution < 1.29 is 14.3 Å². The summed E-state index contributed by atoms with van der Waals surface area (Å²) in [6, 6.07) is 7.21. The summed E-state index contributed by atoms with van der Waals surface area (Å²) in [5.74, 6) is 2.46. The van der Waals surface area contributed by atoms with Crippen molar-refractivity contribution in [2.24, 2.45) is 0 Å². The molecule has 0 bridgehead atoms. The minimum atomic E-state index is -0.434. The van der Waals surface area contributed by atoms with Gasteiger partial charge < -0.3 is 14.8 Å². The molecule has 1 atom stereocenters. The molecule has 1 fully saturated rings. The molecule has 24 heavy (non-hydrogen) atoms. The van der Waals surface area contributed by atoms with Crippen molar-refractivity contribution in [3.63, 3.8) is 0 Å². The first kappa shape index (κ1) is 18.1. The van der Waals surface area contributed by atoms with E-state index in [2.05, 4.69) is 27.2 Å². The lowest BCUT2D eigenvalue weighted by molar-refractivity contribution is -0.117. The van der Waals surface area contributed by atoms with Crippen LogP contribution in [0.4, 0.5) is 0 Å². The van der Waals surface area contributed by atoms with Crippen LogP contribution in [0.2, 0.25) is 0 Å². The zero-order chi connectivity index (χ0) is 17.4. The highest BCUT2D eigenvalue weighted by Crippen LogP contribution is 2.25. The zero-order valence-corrected chi connectivity index (χ0v) is 14.6. The Morgan fingerprint density at radius 3 is 3.08 bits per heavy atom. The van der Waals surface area contributed by atoms with E-state index in [1.165, 1.54) is 6.08 Å². The fourth-order valence-electron chi connectivity index (χ4n) is 2.29. The van der Waals surface area contributed by atoms with E-state index in [0.717, 1.165) is 23.9 Å². The minimum absolute atomic E-state index is 0.00310. The van der Waals surface area contributed by atoms with Gasteiger partial charge in [-0.15, -0.1) is 6.42 Å². The van der Waals surface area contributed by atoms with Crippen LogP contribution in [-0.2, 0) is 9.53 Å². The van der Waals surface area contributed by atoms with Gasteiger partial charge in [0, 0.05) is 23.2 Å². The summed E-state index contributed by atoms with van der Waals surface area (Å²) in [4.78, 5) is 12.2. The van der Waals surface area contributed by atoms with E-state index in [-0.39, 0.29) is 18.3 Å². The monoisotopic (exact) mass is 388 g/mol. The van der Waals surface area contributed by atoms with Gasteiger partial charge in [-0.1, -0.05) is 21.9 Å². The van der Waals surface area contributed by atoms with E-state index in [1.807, 2.05) is 6.07 Å². The van der Waals surface area contributed by atoms with Crippen molar-refractivity contribution >= 4 is 27.9 Å². The van der Waals surface area contributed by atoms with Gasteiger partial charge in [0.15, 0.2) is 0 Å². The van der Waals surface area contributed by atoms with Gasteiger partial charge in [0.25, 0.3) is 5.91 Å². The second-order valence-electron chi connectivity index (χ2n) is 5.19. The Morgan fingerprint density at radius 2 is 2.42 bits per heavy atom. The molecular weight excluding hydrogens is 372 g/mol. The van der Waals surface area contributed by atoms with Crippen molar-refractivity contribution in [1.82, 2.24) is 5.32 Å². The Hall–Kier alpha value is -2.28. The lowest BCUT2D eigenvalue weighted by Crippen LogP contribution is -2.32. The highest BCUT2D eigenvalue weighted by molar-refractivity contribution is 9.10. The van der Waals surface area contributed by atoms with Gasteiger partial charge in [-0.25, -0.2) is 0 Å². The van der Waals surface area contributed by atoms with Gasteiger partial charge in [-0.2, -0.15) is 5.26 Å². The average Bonchev–Trinajstić information content (AvgIpc) is 3.10. The maximum Gasteiger partial charge on any atom is 0.262 e. The number of amides is 1. The molecule has 1 heterocycles. The van der Waals surface area contributed by atoms with Gasteiger partial charge in [0.1, 0.15) is 24.0 Å². The van der Waals surface area contributed by atoms with Gasteiger partial charge in [0.05, 0.1) is 6.10 Å². The van der Waals surface area contributed by atoms with Crippen LogP contribution in [0.25, 0.3) is 6.08 Å². The third-order valence-corrected chi connectivity index (χ3v) is 3.96. The molecular formula is C18H17BrN2O3. The van der Waals surface area contributed by atoms with Crippen LogP contribution in [0.5, 0.6) is 5.75 Å². The number of nitrogens with zero attached hydrogens (tertiary/aromatic N) is 1. The van der Waals surface area contributed by atoms with Crippen molar-refractivity contribution in [3.8, 4) is 24.2 Å². The molecule has 0 radical (unpaired) electrons. The molecule has 1 saturated heterocycles. The number of benzene rings is 1. The molecule has 0 spiro atoms. The molecule has 5 nitrogen and oxygen atoms in total. The predicted octanol–water partition coefficient (Wildman–Crippen LogP) is 2.66. The molecule has 1 amide bonds. The van der Waals surface area contributed by atoms with Crippen LogP contribution in [0, 0.1) is 23.7 Å². The summed E-state index contributed by atoms with van der Waals surface area (Å²) >= 11 is 3.36. The largest absolute Gasteiger partial charge is 0.480 e. The van der Waals surface area contributed by atoms with Crippen LogP contribution in [-0.4, -0.2) is 31.8 Å². The number of nitrogens with one attached hydrogen (secondary N) is 1. The second-order valence-corrected chi connectivity index (χ2v) is 6.11. The smallest absolute Gasteiger partial charge is 0.262 e. The number of ether oxygens (including phenoxy) is 2. The molecule has 2 rings (SSSR count). The Balaban J connectivity index is 2.13. The molecule has 0 aromatic heterocycles. The maximum absolute atomic E-state index is 12.2. The van der Waals surface area contributed by atoms with Crippen LogP contribution in [0.1, 0.15) is 18.4 Å². The van der Waals surface area contributed by atoms with E-state index in [0.29, 0.717) is 17.9 Å². The topological polar surface area (TPSA) is 71.3 Å². The Labute approximate surface area is 149 Å². The van der Waals surface area contributed by atoms with Gasteiger partial charge >= 0.3 is 0 Å². The third-order valence-electron chi connectivity index (χ3n) is 3.46. The molecule has 124 valence electrons. The Bertz CT molecular complexity index is 710. The first-order valence-electron chi connectivity index (χ1n) is 7.51. The quantitative estimate of drug-likeness (QED) is 0.461. The summed E-state index contributed by atoms with van der Waals surface area (Å²) in [6.07, 6.45) is 8.63. The Kier molecular flexibility index (Phi) is 6.87. The number of halogens is 1. The SMILES string of the molecule is C#CCOc1ccc(Br)cc1/C=C(\C#N)C(=O)NC[C@H]1CCCO1. The van der Waals surface area contributed by atoms with Crippen molar-refractivity contribution in [2.75, 3.05) is 19.8 Å². The maximum atomic E-state index is 12.2. The van der Waals surface area contributed by atoms with E-state index < -0.39 is 5.91 Å².